The normalized spacial score (nSPS) is 11.8. The van der Waals surface area contributed by atoms with Gasteiger partial charge in [0.05, 0.1) is 0 Å². The summed E-state index contributed by atoms with van der Waals surface area (Å²) in [6, 6.07) is 0. The van der Waals surface area contributed by atoms with E-state index in [1.54, 1.807) is 0 Å². The van der Waals surface area contributed by atoms with E-state index in [-0.39, 0.29) is 29.6 Å². The topological polar surface area (TPSA) is 37.3 Å². The third-order valence-electron chi connectivity index (χ3n) is 1.57. The van der Waals surface area contributed by atoms with E-state index < -0.39 is 5.97 Å². The number of aliphatic carboxylic acids is 1. The minimum absolute atomic E-state index is 0. The molecule has 0 aromatic heterocycles. The molecule has 0 aromatic carbocycles. The van der Waals surface area contributed by atoms with Crippen molar-refractivity contribution in [1.29, 1.82) is 0 Å². The van der Waals surface area contributed by atoms with Crippen LogP contribution in [0.25, 0.3) is 0 Å². The average Bonchev–Trinajstić information content (AvgIpc) is 1.82. The van der Waals surface area contributed by atoms with Crippen LogP contribution < -0.4 is 0 Å². The molecule has 0 aliphatic rings. The van der Waals surface area contributed by atoms with Crippen LogP contribution in [-0.2, 0) is 4.79 Å². The molecule has 0 saturated heterocycles. The number of carbonyl (C=O) groups is 1. The van der Waals surface area contributed by atoms with Crippen LogP contribution in [-0.4, -0.2) is 40.6 Å². The van der Waals surface area contributed by atoms with Crippen LogP contribution in [0.15, 0.2) is 0 Å². The third kappa shape index (κ3) is 10.5. The second-order valence-corrected chi connectivity index (χ2v) is 2.85. The van der Waals surface area contributed by atoms with E-state index in [0.717, 1.165) is 19.3 Å². The van der Waals surface area contributed by atoms with Gasteiger partial charge in [-0.3, -0.25) is 4.79 Å². The number of carboxylic acids is 1. The van der Waals surface area contributed by atoms with Gasteiger partial charge in [0.2, 0.25) is 0 Å². The third-order valence-corrected chi connectivity index (χ3v) is 1.57. The van der Waals surface area contributed by atoms with Crippen LogP contribution in [0.4, 0.5) is 0 Å². The van der Waals surface area contributed by atoms with Crippen molar-refractivity contribution in [1.82, 2.24) is 0 Å². The van der Waals surface area contributed by atoms with Crippen LogP contribution in [0.2, 0.25) is 0 Å². The van der Waals surface area contributed by atoms with Crippen molar-refractivity contribution in [2.24, 2.45) is 5.92 Å². The molecule has 3 heteroatoms. The van der Waals surface area contributed by atoms with Gasteiger partial charge in [-0.15, -0.1) is 0 Å². The molecule has 1 unspecified atom stereocenters. The predicted molar refractivity (Wildman–Crippen MR) is 48.1 cm³/mol. The molecular formula is C8H17NaO2. The Hall–Kier alpha value is 0.470. The summed E-state index contributed by atoms with van der Waals surface area (Å²) in [7, 11) is 0. The maximum absolute atomic E-state index is 10.2. The first-order chi connectivity index (χ1) is 4.66. The Bertz CT molecular complexity index is 104. The molecular weight excluding hydrogens is 151 g/mol. The molecule has 1 atom stereocenters. The molecule has 0 bridgehead atoms. The second kappa shape index (κ2) is 8.57. The molecule has 62 valence electrons. The molecule has 2 nitrogen and oxygen atoms in total. The van der Waals surface area contributed by atoms with Crippen molar-refractivity contribution in [3.05, 3.63) is 0 Å². The van der Waals surface area contributed by atoms with Gasteiger partial charge < -0.3 is 5.11 Å². The molecule has 0 aliphatic heterocycles. The summed E-state index contributed by atoms with van der Waals surface area (Å²) >= 11 is 0. The Labute approximate surface area is 90.7 Å². The average molecular weight is 168 g/mol. The zero-order valence-corrected chi connectivity index (χ0v) is 6.76. The maximum atomic E-state index is 10.2. The summed E-state index contributed by atoms with van der Waals surface area (Å²) in [6.45, 7) is 4.11. The zero-order valence-electron chi connectivity index (χ0n) is 6.76. The van der Waals surface area contributed by atoms with E-state index in [9.17, 15) is 4.79 Å². The van der Waals surface area contributed by atoms with Crippen LogP contribution in [0.3, 0.4) is 0 Å². The van der Waals surface area contributed by atoms with Gasteiger partial charge in [0.25, 0.3) is 0 Å². The van der Waals surface area contributed by atoms with Gasteiger partial charge in [-0.25, -0.2) is 0 Å². The Kier molecular flexibility index (Phi) is 10.9. The number of carboxylic acid groups (broad SMARTS) is 1. The van der Waals surface area contributed by atoms with Crippen LogP contribution >= 0.6 is 0 Å². The Morgan fingerprint density at radius 3 is 2.45 bits per heavy atom. The number of unbranched alkanes of at least 4 members (excludes halogenated alkanes) is 1. The zero-order chi connectivity index (χ0) is 7.98. The van der Waals surface area contributed by atoms with Crippen molar-refractivity contribution in [2.45, 2.75) is 39.5 Å². The molecule has 11 heavy (non-hydrogen) atoms. The van der Waals surface area contributed by atoms with Crippen LogP contribution in [0.1, 0.15) is 39.5 Å². The Morgan fingerprint density at radius 1 is 1.55 bits per heavy atom. The monoisotopic (exact) mass is 168 g/mol. The summed E-state index contributed by atoms with van der Waals surface area (Å²) < 4.78 is 0. The van der Waals surface area contributed by atoms with Gasteiger partial charge in [0, 0.05) is 6.42 Å². The fourth-order valence-electron chi connectivity index (χ4n) is 0.953. The van der Waals surface area contributed by atoms with Gasteiger partial charge in [0.1, 0.15) is 0 Å². The summed E-state index contributed by atoms with van der Waals surface area (Å²) in [5.74, 6) is -0.332. The van der Waals surface area contributed by atoms with E-state index in [0.29, 0.717) is 12.3 Å². The SMILES string of the molecule is CCCCC(C)CC(=O)O.[NaH]. The summed E-state index contributed by atoms with van der Waals surface area (Å²) in [5, 5.41) is 8.38. The number of hydrogen-bond acceptors (Lipinski definition) is 1. The number of rotatable bonds is 5. The molecule has 0 aliphatic carbocycles. The van der Waals surface area contributed by atoms with Gasteiger partial charge in [0.15, 0.2) is 0 Å². The summed E-state index contributed by atoms with van der Waals surface area (Å²) in [4.78, 5) is 10.2. The molecule has 0 fully saturated rings. The van der Waals surface area contributed by atoms with Gasteiger partial charge in [-0.2, -0.15) is 0 Å². The Morgan fingerprint density at radius 2 is 2.09 bits per heavy atom. The first-order valence-corrected chi connectivity index (χ1v) is 3.88. The Balaban J connectivity index is 0. The van der Waals surface area contributed by atoms with Gasteiger partial charge in [-0.1, -0.05) is 33.1 Å². The van der Waals surface area contributed by atoms with Gasteiger partial charge in [-0.05, 0) is 5.92 Å². The molecule has 0 radical (unpaired) electrons. The van der Waals surface area contributed by atoms with E-state index in [4.69, 9.17) is 5.11 Å². The molecule has 0 spiro atoms. The van der Waals surface area contributed by atoms with Gasteiger partial charge >= 0.3 is 35.5 Å². The quantitative estimate of drug-likeness (QED) is 0.633. The molecule has 0 aromatic rings. The molecule has 0 rings (SSSR count). The van der Waals surface area contributed by atoms with E-state index in [1.807, 2.05) is 6.92 Å². The summed E-state index contributed by atoms with van der Waals surface area (Å²) in [6.07, 6.45) is 3.67. The van der Waals surface area contributed by atoms with Crippen molar-refractivity contribution in [3.8, 4) is 0 Å². The summed E-state index contributed by atoms with van der Waals surface area (Å²) in [5.41, 5.74) is 0. The predicted octanol–water partition coefficient (Wildman–Crippen LogP) is 1.64. The van der Waals surface area contributed by atoms with Crippen molar-refractivity contribution < 1.29 is 9.90 Å². The minimum atomic E-state index is -0.677. The molecule has 0 saturated carbocycles. The van der Waals surface area contributed by atoms with E-state index in [1.165, 1.54) is 0 Å². The molecule has 1 N–H and O–H groups in total. The standard InChI is InChI=1S/C8H16O2.Na.H/c1-3-4-5-7(2)6-8(9)10;;/h7H,3-6H2,1-2H3,(H,9,10);;. The molecule has 0 heterocycles. The van der Waals surface area contributed by atoms with Crippen molar-refractivity contribution in [3.63, 3.8) is 0 Å². The first kappa shape index (κ1) is 14.0. The van der Waals surface area contributed by atoms with E-state index >= 15 is 0 Å². The first-order valence-electron chi connectivity index (χ1n) is 3.88. The van der Waals surface area contributed by atoms with Crippen LogP contribution in [0, 0.1) is 5.92 Å². The fourth-order valence-corrected chi connectivity index (χ4v) is 0.953. The fraction of sp³-hybridized carbons (Fsp3) is 0.875. The van der Waals surface area contributed by atoms with Crippen molar-refractivity contribution >= 4 is 35.5 Å². The van der Waals surface area contributed by atoms with Crippen LogP contribution in [0.5, 0.6) is 0 Å². The second-order valence-electron chi connectivity index (χ2n) is 2.85. The van der Waals surface area contributed by atoms with Crippen molar-refractivity contribution in [2.75, 3.05) is 0 Å². The number of hydrogen-bond donors (Lipinski definition) is 1. The molecule has 0 amide bonds. The van der Waals surface area contributed by atoms with E-state index in [2.05, 4.69) is 6.92 Å².